The Morgan fingerprint density at radius 2 is 2.37 bits per heavy atom. The van der Waals surface area contributed by atoms with Crippen molar-refractivity contribution in [1.82, 2.24) is 0 Å². The van der Waals surface area contributed by atoms with Gasteiger partial charge in [0.05, 0.1) is 11.7 Å². The molecule has 19 heavy (non-hydrogen) atoms. The van der Waals surface area contributed by atoms with E-state index in [0.717, 1.165) is 19.3 Å². The zero-order valence-corrected chi connectivity index (χ0v) is 10.9. The fourth-order valence-corrected chi connectivity index (χ4v) is 2.31. The van der Waals surface area contributed by atoms with Crippen molar-refractivity contribution in [2.24, 2.45) is 0 Å². The molecule has 0 radical (unpaired) electrons. The van der Waals surface area contributed by atoms with Crippen LogP contribution in [0.5, 0.6) is 0 Å². The van der Waals surface area contributed by atoms with E-state index >= 15 is 0 Å². The minimum atomic E-state index is -1.25. The van der Waals surface area contributed by atoms with E-state index < -0.39 is 11.8 Å². The van der Waals surface area contributed by atoms with Gasteiger partial charge in [0.1, 0.15) is 5.82 Å². The number of hydrogen-bond acceptors (Lipinski definition) is 3. The van der Waals surface area contributed by atoms with Crippen molar-refractivity contribution < 1.29 is 19.0 Å². The van der Waals surface area contributed by atoms with Crippen LogP contribution in [0.4, 0.5) is 10.1 Å². The summed E-state index contributed by atoms with van der Waals surface area (Å²) in [5.41, 5.74) is 0.338. The van der Waals surface area contributed by atoms with Gasteiger partial charge in [0, 0.05) is 18.3 Å². The Morgan fingerprint density at radius 1 is 1.58 bits per heavy atom. The number of ether oxygens (including phenoxy) is 1. The topological polar surface area (TPSA) is 58.6 Å². The molecule has 2 rings (SSSR count). The van der Waals surface area contributed by atoms with Gasteiger partial charge in [0.2, 0.25) is 0 Å². The maximum atomic E-state index is 13.3. The van der Waals surface area contributed by atoms with Gasteiger partial charge < -0.3 is 15.2 Å². The second kappa shape index (κ2) is 6.02. The normalized spacial score (nSPS) is 23.1. The van der Waals surface area contributed by atoms with E-state index in [1.165, 1.54) is 12.1 Å². The van der Waals surface area contributed by atoms with Gasteiger partial charge >= 0.3 is 5.97 Å². The molecule has 2 N–H and O–H groups in total. The van der Waals surface area contributed by atoms with Crippen molar-refractivity contribution in [2.75, 3.05) is 11.9 Å². The summed E-state index contributed by atoms with van der Waals surface area (Å²) in [6.45, 7) is 2.77. The zero-order chi connectivity index (χ0) is 13.8. The third-order valence-electron chi connectivity index (χ3n) is 3.39. The Bertz CT molecular complexity index is 464. The highest BCUT2D eigenvalue weighted by Crippen LogP contribution is 2.22. The molecule has 1 fully saturated rings. The lowest BCUT2D eigenvalue weighted by atomic mass is 10.0. The molecule has 1 heterocycles. The van der Waals surface area contributed by atoms with Crippen LogP contribution in [-0.2, 0) is 4.74 Å². The Labute approximate surface area is 111 Å². The first-order valence-corrected chi connectivity index (χ1v) is 6.51. The van der Waals surface area contributed by atoms with Crippen LogP contribution < -0.4 is 5.32 Å². The van der Waals surface area contributed by atoms with Crippen molar-refractivity contribution >= 4 is 11.7 Å². The summed E-state index contributed by atoms with van der Waals surface area (Å²) in [5.74, 6) is -1.96. The quantitative estimate of drug-likeness (QED) is 0.880. The van der Waals surface area contributed by atoms with Gasteiger partial charge in [0.25, 0.3) is 0 Å². The fourth-order valence-electron chi connectivity index (χ4n) is 2.31. The molecule has 4 nitrogen and oxygen atoms in total. The van der Waals surface area contributed by atoms with Crippen LogP contribution >= 0.6 is 0 Å². The third-order valence-corrected chi connectivity index (χ3v) is 3.39. The van der Waals surface area contributed by atoms with Crippen molar-refractivity contribution in [3.8, 4) is 0 Å². The molecule has 1 aromatic rings. The highest BCUT2D eigenvalue weighted by molar-refractivity contribution is 5.89. The molecule has 2 unspecified atom stereocenters. The molecule has 0 saturated carbocycles. The summed E-state index contributed by atoms with van der Waals surface area (Å²) in [6.07, 6.45) is 2.96. The van der Waals surface area contributed by atoms with Crippen LogP contribution in [0.1, 0.15) is 36.5 Å². The smallest absolute Gasteiger partial charge is 0.338 e. The molecule has 0 amide bonds. The summed E-state index contributed by atoms with van der Waals surface area (Å²) < 4.78 is 18.9. The van der Waals surface area contributed by atoms with E-state index in [4.69, 9.17) is 9.84 Å². The van der Waals surface area contributed by atoms with Gasteiger partial charge in [0.15, 0.2) is 0 Å². The monoisotopic (exact) mass is 267 g/mol. The van der Waals surface area contributed by atoms with Gasteiger partial charge in [-0.05, 0) is 37.5 Å². The summed E-state index contributed by atoms with van der Waals surface area (Å²) in [5, 5.41) is 12.1. The van der Waals surface area contributed by atoms with Crippen LogP contribution in [0.15, 0.2) is 18.2 Å². The van der Waals surface area contributed by atoms with E-state index in [0.29, 0.717) is 12.3 Å². The van der Waals surface area contributed by atoms with E-state index in [1.807, 2.05) is 0 Å². The van der Waals surface area contributed by atoms with Crippen molar-refractivity contribution in [2.45, 2.75) is 38.3 Å². The van der Waals surface area contributed by atoms with Crippen molar-refractivity contribution in [1.29, 1.82) is 0 Å². The molecule has 1 saturated heterocycles. The Kier molecular flexibility index (Phi) is 4.37. The number of rotatable bonds is 4. The maximum Gasteiger partial charge on any atom is 0.338 e. The summed E-state index contributed by atoms with van der Waals surface area (Å²) in [6, 6.07) is 4.33. The number of aromatic carboxylic acids is 1. The highest BCUT2D eigenvalue weighted by atomic mass is 19.1. The van der Waals surface area contributed by atoms with Crippen molar-refractivity contribution in [3.05, 3.63) is 29.6 Å². The number of benzene rings is 1. The SMILES string of the molecule is CCC1CC(Nc2ccc(F)c(C(=O)O)c2)CCO1. The van der Waals surface area contributed by atoms with Gasteiger partial charge in [-0.25, -0.2) is 9.18 Å². The summed E-state index contributed by atoms with van der Waals surface area (Å²) in [4.78, 5) is 10.9. The van der Waals surface area contributed by atoms with Crippen LogP contribution in [0.2, 0.25) is 0 Å². The van der Waals surface area contributed by atoms with Crippen molar-refractivity contribution in [3.63, 3.8) is 0 Å². The third kappa shape index (κ3) is 3.44. The van der Waals surface area contributed by atoms with Gasteiger partial charge in [-0.1, -0.05) is 6.92 Å². The molecule has 5 heteroatoms. The first kappa shape index (κ1) is 13.8. The van der Waals surface area contributed by atoms with Crippen LogP contribution in [-0.4, -0.2) is 29.8 Å². The largest absolute Gasteiger partial charge is 0.478 e. The second-order valence-corrected chi connectivity index (χ2v) is 4.77. The van der Waals surface area contributed by atoms with Gasteiger partial charge in [-0.3, -0.25) is 0 Å². The van der Waals surface area contributed by atoms with Crippen LogP contribution in [0.3, 0.4) is 0 Å². The Morgan fingerprint density at radius 3 is 3.05 bits per heavy atom. The average Bonchev–Trinajstić information content (AvgIpc) is 2.41. The van der Waals surface area contributed by atoms with Gasteiger partial charge in [-0.2, -0.15) is 0 Å². The molecule has 104 valence electrons. The number of carboxylic acid groups (broad SMARTS) is 1. The number of anilines is 1. The lowest BCUT2D eigenvalue weighted by molar-refractivity contribution is 0.00925. The minimum absolute atomic E-state index is 0.241. The average molecular weight is 267 g/mol. The first-order chi connectivity index (χ1) is 9.10. The molecule has 2 atom stereocenters. The standard InChI is InChI=1S/C14H18FNO3/c1-2-11-7-10(5-6-19-11)16-9-3-4-13(15)12(8-9)14(17)18/h3-4,8,10-11,16H,2,5-7H2,1H3,(H,17,18). The molecule has 0 bridgehead atoms. The van der Waals surface area contributed by atoms with Crippen LogP contribution in [0.25, 0.3) is 0 Å². The van der Waals surface area contributed by atoms with Crippen LogP contribution in [0, 0.1) is 5.82 Å². The predicted octanol–water partition coefficient (Wildman–Crippen LogP) is 2.89. The molecule has 0 spiro atoms. The number of carboxylic acids is 1. The second-order valence-electron chi connectivity index (χ2n) is 4.77. The Hall–Kier alpha value is -1.62. The number of nitrogens with one attached hydrogen (secondary N) is 1. The molecule has 1 aromatic carbocycles. The summed E-state index contributed by atoms with van der Waals surface area (Å²) >= 11 is 0. The molecule has 1 aliphatic heterocycles. The van der Waals surface area contributed by atoms with Gasteiger partial charge in [-0.15, -0.1) is 0 Å². The number of hydrogen-bond donors (Lipinski definition) is 2. The lowest BCUT2D eigenvalue weighted by Crippen LogP contribution is -2.33. The zero-order valence-electron chi connectivity index (χ0n) is 10.9. The van der Waals surface area contributed by atoms with E-state index in [9.17, 15) is 9.18 Å². The first-order valence-electron chi connectivity index (χ1n) is 6.51. The Balaban J connectivity index is 2.06. The summed E-state index contributed by atoms with van der Waals surface area (Å²) in [7, 11) is 0. The molecular formula is C14H18FNO3. The lowest BCUT2D eigenvalue weighted by Gasteiger charge is -2.30. The minimum Gasteiger partial charge on any atom is -0.478 e. The number of carbonyl (C=O) groups is 1. The maximum absolute atomic E-state index is 13.3. The van der Waals surface area contributed by atoms with E-state index in [2.05, 4.69) is 12.2 Å². The molecule has 1 aliphatic rings. The molecule has 0 aromatic heterocycles. The number of halogens is 1. The molecular weight excluding hydrogens is 249 g/mol. The van der Waals surface area contributed by atoms with E-state index in [1.54, 1.807) is 6.07 Å². The fraction of sp³-hybridized carbons (Fsp3) is 0.500. The molecule has 0 aliphatic carbocycles. The van der Waals surface area contributed by atoms with E-state index in [-0.39, 0.29) is 17.7 Å². The predicted molar refractivity (Wildman–Crippen MR) is 70.0 cm³/mol. The highest BCUT2D eigenvalue weighted by Gasteiger charge is 2.21.